The molecule has 5 nitrogen and oxygen atoms in total. The van der Waals surface area contributed by atoms with Crippen LogP contribution in [0.15, 0.2) is 12.3 Å². The number of ether oxygens (including phenoxy) is 2. The molecular formula is C19H28N2O3. The van der Waals surface area contributed by atoms with Gasteiger partial charge in [0.15, 0.2) is 0 Å². The SMILES string of the molecule is COc1ncc(C2CCCN(C(=O)OC(C)(C)C)C2)cc1C1CC1. The molecule has 0 spiro atoms. The molecule has 24 heavy (non-hydrogen) atoms. The van der Waals surface area contributed by atoms with Crippen molar-refractivity contribution in [2.75, 3.05) is 20.2 Å². The molecule has 0 aromatic carbocycles. The summed E-state index contributed by atoms with van der Waals surface area (Å²) in [5.41, 5.74) is 1.99. The maximum Gasteiger partial charge on any atom is 0.410 e. The van der Waals surface area contributed by atoms with E-state index in [1.54, 1.807) is 7.11 Å². The van der Waals surface area contributed by atoms with Crippen LogP contribution in [0.25, 0.3) is 0 Å². The second-order valence-corrected chi connectivity index (χ2v) is 7.91. The van der Waals surface area contributed by atoms with Gasteiger partial charge in [-0.05, 0) is 64.0 Å². The van der Waals surface area contributed by atoms with Crippen molar-refractivity contribution < 1.29 is 14.3 Å². The molecule has 1 aromatic rings. The Bertz CT molecular complexity index is 605. The molecule has 1 saturated heterocycles. The standard InChI is InChI=1S/C19H28N2O3/c1-19(2,3)24-18(22)21-9-5-6-14(12-21)15-10-16(13-7-8-13)17(23-4)20-11-15/h10-11,13-14H,5-9,12H2,1-4H3. The van der Waals surface area contributed by atoms with Gasteiger partial charge >= 0.3 is 6.09 Å². The van der Waals surface area contributed by atoms with Crippen molar-refractivity contribution in [3.63, 3.8) is 0 Å². The second kappa shape index (κ2) is 6.61. The Hall–Kier alpha value is -1.78. The highest BCUT2D eigenvalue weighted by Crippen LogP contribution is 2.44. The minimum Gasteiger partial charge on any atom is -0.481 e. The number of aromatic nitrogens is 1. The minimum atomic E-state index is -0.454. The fraction of sp³-hybridized carbons (Fsp3) is 0.684. The van der Waals surface area contributed by atoms with Crippen LogP contribution in [0.5, 0.6) is 5.88 Å². The Balaban J connectivity index is 1.73. The zero-order valence-corrected chi connectivity index (χ0v) is 15.2. The molecule has 0 radical (unpaired) electrons. The number of pyridine rings is 1. The van der Waals surface area contributed by atoms with Crippen LogP contribution in [0.3, 0.4) is 0 Å². The Morgan fingerprint density at radius 1 is 1.25 bits per heavy atom. The van der Waals surface area contributed by atoms with Gasteiger partial charge in [-0.2, -0.15) is 0 Å². The molecule has 1 saturated carbocycles. The molecule has 0 N–H and O–H groups in total. The summed E-state index contributed by atoms with van der Waals surface area (Å²) >= 11 is 0. The zero-order chi connectivity index (χ0) is 17.3. The number of methoxy groups -OCH3 is 1. The van der Waals surface area contributed by atoms with E-state index in [2.05, 4.69) is 11.1 Å². The first-order valence-electron chi connectivity index (χ1n) is 8.89. The largest absolute Gasteiger partial charge is 0.481 e. The molecule has 2 aliphatic rings. The van der Waals surface area contributed by atoms with E-state index in [0.29, 0.717) is 18.4 Å². The number of carbonyl (C=O) groups is 1. The summed E-state index contributed by atoms with van der Waals surface area (Å²) in [7, 11) is 1.68. The summed E-state index contributed by atoms with van der Waals surface area (Å²) in [5, 5.41) is 0. The molecule has 2 fully saturated rings. The number of hydrogen-bond donors (Lipinski definition) is 0. The van der Waals surface area contributed by atoms with E-state index >= 15 is 0 Å². The van der Waals surface area contributed by atoms with E-state index < -0.39 is 5.60 Å². The fourth-order valence-electron chi connectivity index (χ4n) is 3.31. The molecule has 1 amide bonds. The topological polar surface area (TPSA) is 51.7 Å². The second-order valence-electron chi connectivity index (χ2n) is 7.91. The van der Waals surface area contributed by atoms with Crippen LogP contribution >= 0.6 is 0 Å². The van der Waals surface area contributed by atoms with E-state index in [1.807, 2.05) is 31.9 Å². The Morgan fingerprint density at radius 2 is 2.00 bits per heavy atom. The van der Waals surface area contributed by atoms with Gasteiger partial charge in [0.1, 0.15) is 5.60 Å². The lowest BCUT2D eigenvalue weighted by atomic mass is 9.90. The average Bonchev–Trinajstić information content (AvgIpc) is 3.37. The van der Waals surface area contributed by atoms with Crippen LogP contribution < -0.4 is 4.74 Å². The lowest BCUT2D eigenvalue weighted by Gasteiger charge is -2.34. The first-order valence-corrected chi connectivity index (χ1v) is 8.89. The summed E-state index contributed by atoms with van der Waals surface area (Å²) in [6.45, 7) is 7.18. The number of carbonyl (C=O) groups excluding carboxylic acids is 1. The third kappa shape index (κ3) is 4.00. The van der Waals surface area contributed by atoms with E-state index in [9.17, 15) is 4.79 Å². The van der Waals surface area contributed by atoms with Crippen LogP contribution in [0, 0.1) is 0 Å². The van der Waals surface area contributed by atoms with E-state index in [4.69, 9.17) is 9.47 Å². The van der Waals surface area contributed by atoms with Gasteiger partial charge in [-0.15, -0.1) is 0 Å². The third-order valence-electron chi connectivity index (χ3n) is 4.66. The van der Waals surface area contributed by atoms with Crippen LogP contribution in [-0.2, 0) is 4.74 Å². The monoisotopic (exact) mass is 332 g/mol. The Morgan fingerprint density at radius 3 is 2.62 bits per heavy atom. The van der Waals surface area contributed by atoms with Crippen molar-refractivity contribution in [2.45, 2.75) is 63.9 Å². The Labute approximate surface area is 144 Å². The quantitative estimate of drug-likeness (QED) is 0.837. The summed E-state index contributed by atoms with van der Waals surface area (Å²) in [4.78, 5) is 18.7. The van der Waals surface area contributed by atoms with Crippen molar-refractivity contribution >= 4 is 6.09 Å². The lowest BCUT2D eigenvalue weighted by Crippen LogP contribution is -2.42. The van der Waals surface area contributed by atoms with Crippen LogP contribution in [0.1, 0.15) is 69.4 Å². The molecule has 2 heterocycles. The predicted octanol–water partition coefficient (Wildman–Crippen LogP) is 4.08. The van der Waals surface area contributed by atoms with Gasteiger partial charge < -0.3 is 14.4 Å². The lowest BCUT2D eigenvalue weighted by molar-refractivity contribution is 0.0198. The van der Waals surface area contributed by atoms with Crippen LogP contribution in [-0.4, -0.2) is 41.8 Å². The Kier molecular flexibility index (Phi) is 4.70. The van der Waals surface area contributed by atoms with Gasteiger partial charge in [0, 0.05) is 30.8 Å². The van der Waals surface area contributed by atoms with E-state index in [0.717, 1.165) is 25.3 Å². The van der Waals surface area contributed by atoms with Gasteiger partial charge in [-0.25, -0.2) is 9.78 Å². The van der Waals surface area contributed by atoms with Gasteiger partial charge in [-0.1, -0.05) is 0 Å². The fourth-order valence-corrected chi connectivity index (χ4v) is 3.31. The first-order chi connectivity index (χ1) is 11.4. The highest BCUT2D eigenvalue weighted by Gasteiger charge is 2.31. The molecule has 1 unspecified atom stereocenters. The number of hydrogen-bond acceptors (Lipinski definition) is 4. The summed E-state index contributed by atoms with van der Waals surface area (Å²) < 4.78 is 10.9. The minimum absolute atomic E-state index is 0.212. The molecule has 0 bridgehead atoms. The van der Waals surface area contributed by atoms with Crippen LogP contribution in [0.2, 0.25) is 0 Å². The first kappa shape index (κ1) is 17.1. The summed E-state index contributed by atoms with van der Waals surface area (Å²) in [5.74, 6) is 1.67. The number of likely N-dealkylation sites (tertiary alicyclic amines) is 1. The zero-order valence-electron chi connectivity index (χ0n) is 15.2. The summed E-state index contributed by atoms with van der Waals surface area (Å²) in [6.07, 6.45) is 6.21. The van der Waals surface area contributed by atoms with Crippen molar-refractivity contribution in [1.82, 2.24) is 9.88 Å². The van der Waals surface area contributed by atoms with Gasteiger partial charge in [-0.3, -0.25) is 0 Å². The van der Waals surface area contributed by atoms with Crippen LogP contribution in [0.4, 0.5) is 4.79 Å². The molecule has 1 aromatic heterocycles. The predicted molar refractivity (Wildman–Crippen MR) is 92.5 cm³/mol. The molecule has 5 heteroatoms. The normalized spacial score (nSPS) is 21.5. The smallest absolute Gasteiger partial charge is 0.410 e. The van der Waals surface area contributed by atoms with Crippen molar-refractivity contribution in [1.29, 1.82) is 0 Å². The summed E-state index contributed by atoms with van der Waals surface area (Å²) in [6, 6.07) is 2.24. The molecule has 1 aliphatic carbocycles. The molecule has 1 aliphatic heterocycles. The average molecular weight is 332 g/mol. The highest BCUT2D eigenvalue weighted by molar-refractivity contribution is 5.68. The molecule has 1 atom stereocenters. The van der Waals surface area contributed by atoms with Crippen molar-refractivity contribution in [2.24, 2.45) is 0 Å². The maximum absolute atomic E-state index is 12.3. The van der Waals surface area contributed by atoms with Gasteiger partial charge in [0.25, 0.3) is 0 Å². The van der Waals surface area contributed by atoms with Crippen molar-refractivity contribution in [3.05, 3.63) is 23.4 Å². The third-order valence-corrected chi connectivity index (χ3v) is 4.66. The van der Waals surface area contributed by atoms with Gasteiger partial charge in [0.2, 0.25) is 5.88 Å². The number of nitrogens with zero attached hydrogens (tertiary/aromatic N) is 2. The van der Waals surface area contributed by atoms with E-state index in [1.165, 1.54) is 24.0 Å². The maximum atomic E-state index is 12.3. The number of rotatable bonds is 3. The molecule has 3 rings (SSSR count). The molecule has 132 valence electrons. The number of piperidine rings is 1. The molecular weight excluding hydrogens is 304 g/mol. The number of amides is 1. The van der Waals surface area contributed by atoms with Gasteiger partial charge in [0.05, 0.1) is 7.11 Å². The highest BCUT2D eigenvalue weighted by atomic mass is 16.6. The van der Waals surface area contributed by atoms with Crippen molar-refractivity contribution in [3.8, 4) is 5.88 Å². The van der Waals surface area contributed by atoms with E-state index in [-0.39, 0.29) is 6.09 Å².